The van der Waals surface area contributed by atoms with Gasteiger partial charge in [-0.3, -0.25) is 20.2 Å². The fraction of sp³-hybridized carbons (Fsp3) is 0.118. The molecule has 1 heterocycles. The number of thioether (sulfide) groups is 1. The highest BCUT2D eigenvalue weighted by molar-refractivity contribution is 8.00. The molecule has 0 spiro atoms. The Morgan fingerprint density at radius 2 is 1.93 bits per heavy atom. The number of carbonyl (C=O) groups excluding carboxylic acids is 1. The molecule has 1 N–H and O–H groups in total. The summed E-state index contributed by atoms with van der Waals surface area (Å²) in [4.78, 5) is 22.6. The standard InChI is InChI=1S/C17H11F3N4O3S2/c18-17(19,20)11-5-3-4-10(8-11)9-28-16-23-22-15(29-16)21-14(25)12-6-1-2-7-13(12)24(26)27/h1-8H,9H2,(H,21,22,25). The Bertz CT molecular complexity index is 1060. The normalized spacial score (nSPS) is 11.3. The lowest BCUT2D eigenvalue weighted by molar-refractivity contribution is -0.385. The first-order valence-electron chi connectivity index (χ1n) is 7.91. The van der Waals surface area contributed by atoms with Crippen LogP contribution in [0.3, 0.4) is 0 Å². The first-order chi connectivity index (χ1) is 13.7. The Labute approximate surface area is 170 Å². The second kappa shape index (κ2) is 8.57. The van der Waals surface area contributed by atoms with E-state index in [0.717, 1.165) is 35.2 Å². The summed E-state index contributed by atoms with van der Waals surface area (Å²) in [5.41, 5.74) is -0.727. The lowest BCUT2D eigenvalue weighted by atomic mass is 10.1. The van der Waals surface area contributed by atoms with Crippen LogP contribution in [0.4, 0.5) is 24.0 Å². The van der Waals surface area contributed by atoms with Gasteiger partial charge < -0.3 is 0 Å². The number of rotatable bonds is 6. The van der Waals surface area contributed by atoms with E-state index in [1.165, 1.54) is 30.3 Å². The van der Waals surface area contributed by atoms with Gasteiger partial charge in [0, 0.05) is 11.8 Å². The minimum atomic E-state index is -4.42. The van der Waals surface area contributed by atoms with Crippen LogP contribution >= 0.6 is 23.1 Å². The van der Waals surface area contributed by atoms with Gasteiger partial charge in [-0.25, -0.2) is 0 Å². The fourth-order valence-corrected chi connectivity index (χ4v) is 3.98. The van der Waals surface area contributed by atoms with E-state index in [1.807, 2.05) is 0 Å². The van der Waals surface area contributed by atoms with Gasteiger partial charge in [0.05, 0.1) is 10.5 Å². The molecule has 2 aromatic carbocycles. The van der Waals surface area contributed by atoms with Gasteiger partial charge in [-0.2, -0.15) is 13.2 Å². The van der Waals surface area contributed by atoms with Crippen LogP contribution in [0.25, 0.3) is 0 Å². The molecule has 3 aromatic rings. The number of nitrogens with zero attached hydrogens (tertiary/aromatic N) is 3. The summed E-state index contributed by atoms with van der Waals surface area (Å²) in [6, 6.07) is 10.4. The van der Waals surface area contributed by atoms with E-state index in [4.69, 9.17) is 0 Å². The van der Waals surface area contributed by atoms with Crippen molar-refractivity contribution in [3.05, 3.63) is 75.3 Å². The molecule has 0 unspecified atom stereocenters. The zero-order valence-electron chi connectivity index (χ0n) is 14.3. The number of amides is 1. The molecule has 12 heteroatoms. The van der Waals surface area contributed by atoms with Crippen LogP contribution in [0.2, 0.25) is 0 Å². The molecule has 0 fully saturated rings. The van der Waals surface area contributed by atoms with Crippen LogP contribution < -0.4 is 5.32 Å². The molecule has 7 nitrogen and oxygen atoms in total. The van der Waals surface area contributed by atoms with Crippen molar-refractivity contribution in [3.8, 4) is 0 Å². The summed E-state index contributed by atoms with van der Waals surface area (Å²) in [7, 11) is 0. The third-order valence-corrected chi connectivity index (χ3v) is 5.63. The first kappa shape index (κ1) is 20.7. The van der Waals surface area contributed by atoms with Gasteiger partial charge in [-0.05, 0) is 17.7 Å². The van der Waals surface area contributed by atoms with Crippen molar-refractivity contribution in [2.45, 2.75) is 16.3 Å². The summed E-state index contributed by atoms with van der Waals surface area (Å²) in [6.45, 7) is 0. The Morgan fingerprint density at radius 1 is 1.17 bits per heavy atom. The van der Waals surface area contributed by atoms with Gasteiger partial charge in [0.15, 0.2) is 4.34 Å². The van der Waals surface area contributed by atoms with Crippen molar-refractivity contribution < 1.29 is 22.9 Å². The molecule has 0 atom stereocenters. The summed E-state index contributed by atoms with van der Waals surface area (Å²) >= 11 is 2.18. The molecular weight excluding hydrogens is 429 g/mol. The SMILES string of the molecule is O=C(Nc1nnc(SCc2cccc(C(F)(F)F)c2)s1)c1ccccc1[N+](=O)[O-]. The molecule has 29 heavy (non-hydrogen) atoms. The van der Waals surface area contributed by atoms with Crippen molar-refractivity contribution in [3.63, 3.8) is 0 Å². The lowest BCUT2D eigenvalue weighted by Gasteiger charge is -2.07. The van der Waals surface area contributed by atoms with E-state index in [0.29, 0.717) is 9.90 Å². The van der Waals surface area contributed by atoms with Crippen molar-refractivity contribution in [2.24, 2.45) is 0 Å². The third kappa shape index (κ3) is 5.29. The van der Waals surface area contributed by atoms with E-state index in [-0.39, 0.29) is 22.1 Å². The van der Waals surface area contributed by atoms with Crippen molar-refractivity contribution in [1.29, 1.82) is 0 Å². The van der Waals surface area contributed by atoms with Crippen LogP contribution in [-0.2, 0) is 11.9 Å². The van der Waals surface area contributed by atoms with E-state index in [2.05, 4.69) is 15.5 Å². The van der Waals surface area contributed by atoms with Crippen LogP contribution in [-0.4, -0.2) is 21.0 Å². The molecule has 1 amide bonds. The van der Waals surface area contributed by atoms with Gasteiger partial charge in [0.2, 0.25) is 5.13 Å². The number of para-hydroxylation sites is 1. The Balaban J connectivity index is 1.65. The average Bonchev–Trinajstić information content (AvgIpc) is 3.13. The molecule has 0 aliphatic rings. The quantitative estimate of drug-likeness (QED) is 0.250. The number of benzene rings is 2. The topological polar surface area (TPSA) is 98.0 Å². The number of nitrogens with one attached hydrogen (secondary N) is 1. The molecule has 0 saturated carbocycles. The maximum Gasteiger partial charge on any atom is 0.416 e. The second-order valence-electron chi connectivity index (χ2n) is 5.59. The molecule has 0 aliphatic heterocycles. The van der Waals surface area contributed by atoms with E-state index in [9.17, 15) is 28.1 Å². The smallest absolute Gasteiger partial charge is 0.296 e. The summed E-state index contributed by atoms with van der Waals surface area (Å²) in [6.07, 6.45) is -4.42. The number of hydrogen-bond acceptors (Lipinski definition) is 7. The molecular formula is C17H11F3N4O3S2. The summed E-state index contributed by atoms with van der Waals surface area (Å²) < 4.78 is 38.7. The zero-order chi connectivity index (χ0) is 21.0. The Hall–Kier alpha value is -2.99. The van der Waals surface area contributed by atoms with Crippen LogP contribution in [0.1, 0.15) is 21.5 Å². The van der Waals surface area contributed by atoms with Gasteiger partial charge in [-0.1, -0.05) is 53.4 Å². The fourth-order valence-electron chi connectivity index (χ4n) is 2.29. The monoisotopic (exact) mass is 440 g/mol. The predicted molar refractivity (Wildman–Crippen MR) is 102 cm³/mol. The van der Waals surface area contributed by atoms with Crippen molar-refractivity contribution in [1.82, 2.24) is 10.2 Å². The number of anilines is 1. The second-order valence-corrected chi connectivity index (χ2v) is 7.79. The van der Waals surface area contributed by atoms with Crippen LogP contribution in [0, 0.1) is 10.1 Å². The maximum atomic E-state index is 12.8. The molecule has 1 aromatic heterocycles. The Morgan fingerprint density at radius 3 is 2.66 bits per heavy atom. The average molecular weight is 440 g/mol. The zero-order valence-corrected chi connectivity index (χ0v) is 16.0. The van der Waals surface area contributed by atoms with E-state index in [1.54, 1.807) is 6.07 Å². The molecule has 0 bridgehead atoms. The third-order valence-electron chi connectivity index (χ3n) is 3.59. The van der Waals surface area contributed by atoms with Gasteiger partial charge in [-0.15, -0.1) is 10.2 Å². The lowest BCUT2D eigenvalue weighted by Crippen LogP contribution is -2.13. The first-order valence-corrected chi connectivity index (χ1v) is 9.71. The highest BCUT2D eigenvalue weighted by Crippen LogP contribution is 2.32. The van der Waals surface area contributed by atoms with Crippen LogP contribution in [0.15, 0.2) is 52.9 Å². The number of halogens is 3. The minimum Gasteiger partial charge on any atom is -0.296 e. The molecule has 0 aliphatic carbocycles. The van der Waals surface area contributed by atoms with Gasteiger partial charge in [0.1, 0.15) is 5.56 Å². The summed E-state index contributed by atoms with van der Waals surface area (Å²) in [5.74, 6) is -0.473. The van der Waals surface area contributed by atoms with Crippen LogP contribution in [0.5, 0.6) is 0 Å². The van der Waals surface area contributed by atoms with Gasteiger partial charge in [0.25, 0.3) is 11.6 Å². The highest BCUT2D eigenvalue weighted by Gasteiger charge is 2.30. The predicted octanol–water partition coefficient (Wildman–Crippen LogP) is 5.01. The Kier molecular flexibility index (Phi) is 6.13. The maximum absolute atomic E-state index is 12.8. The number of alkyl halides is 3. The number of carbonyl (C=O) groups is 1. The molecule has 0 saturated heterocycles. The molecule has 3 rings (SSSR count). The number of nitro benzene ring substituents is 1. The largest absolute Gasteiger partial charge is 0.416 e. The van der Waals surface area contributed by atoms with Crippen molar-refractivity contribution in [2.75, 3.05) is 5.32 Å². The van der Waals surface area contributed by atoms with E-state index >= 15 is 0 Å². The molecule has 0 radical (unpaired) electrons. The molecule has 150 valence electrons. The number of nitro groups is 1. The number of aromatic nitrogens is 2. The van der Waals surface area contributed by atoms with E-state index < -0.39 is 22.6 Å². The highest BCUT2D eigenvalue weighted by atomic mass is 32.2. The summed E-state index contributed by atoms with van der Waals surface area (Å²) in [5, 5.41) is 21.2. The van der Waals surface area contributed by atoms with Crippen molar-refractivity contribution >= 4 is 39.8 Å². The minimum absolute atomic E-state index is 0.120. The van der Waals surface area contributed by atoms with Gasteiger partial charge >= 0.3 is 6.18 Å². The number of hydrogen-bond donors (Lipinski definition) is 1.